The van der Waals surface area contributed by atoms with Crippen LogP contribution in [0.1, 0.15) is 32.3 Å². The first-order valence-electron chi connectivity index (χ1n) is 8.57. The number of nitrogens with zero attached hydrogens (tertiary/aromatic N) is 3. The van der Waals surface area contributed by atoms with Crippen LogP contribution in [0.4, 0.5) is 10.6 Å². The van der Waals surface area contributed by atoms with Crippen LogP contribution in [0.5, 0.6) is 0 Å². The number of hydrogen-bond acceptors (Lipinski definition) is 4. The van der Waals surface area contributed by atoms with Crippen molar-refractivity contribution in [1.82, 2.24) is 20.1 Å². The summed E-state index contributed by atoms with van der Waals surface area (Å²) in [5.74, 6) is 0.530. The summed E-state index contributed by atoms with van der Waals surface area (Å²) >= 11 is 0. The number of aliphatic hydroxyl groups excluding tert-OH is 1. The minimum Gasteiger partial charge on any atom is -0.396 e. The lowest BCUT2D eigenvalue weighted by atomic mass is 9.89. The van der Waals surface area contributed by atoms with Gasteiger partial charge in [0.2, 0.25) is 0 Å². The van der Waals surface area contributed by atoms with Crippen molar-refractivity contribution in [3.8, 4) is 0 Å². The fourth-order valence-corrected chi connectivity index (χ4v) is 2.35. The summed E-state index contributed by atoms with van der Waals surface area (Å²) in [5, 5.41) is 19.1. The first-order chi connectivity index (χ1) is 12.0. The van der Waals surface area contributed by atoms with Crippen molar-refractivity contribution < 1.29 is 9.90 Å². The monoisotopic (exact) mass is 345 g/mol. The number of nitrogens with one attached hydrogen (secondary N) is 2. The predicted molar refractivity (Wildman–Crippen MR) is 97.3 cm³/mol. The van der Waals surface area contributed by atoms with E-state index in [2.05, 4.69) is 20.7 Å². The zero-order chi connectivity index (χ0) is 18.1. The van der Waals surface area contributed by atoms with E-state index in [1.807, 2.05) is 32.2 Å². The van der Waals surface area contributed by atoms with Gasteiger partial charge in [0, 0.05) is 44.4 Å². The summed E-state index contributed by atoms with van der Waals surface area (Å²) in [6, 6.07) is 5.48. The number of hydrogen-bond donors (Lipinski definition) is 3. The van der Waals surface area contributed by atoms with Gasteiger partial charge in [-0.25, -0.2) is 4.79 Å². The second-order valence-corrected chi connectivity index (χ2v) is 6.88. The van der Waals surface area contributed by atoms with E-state index in [0.29, 0.717) is 12.4 Å². The number of pyridine rings is 1. The molecule has 0 aliphatic carbocycles. The molecule has 2 rings (SSSR count). The second kappa shape index (κ2) is 9.17. The molecule has 0 fully saturated rings. The minimum absolute atomic E-state index is 0.105. The summed E-state index contributed by atoms with van der Waals surface area (Å²) in [7, 11) is 0. The Balaban J connectivity index is 1.68. The van der Waals surface area contributed by atoms with Gasteiger partial charge in [-0.05, 0) is 42.4 Å². The van der Waals surface area contributed by atoms with E-state index in [4.69, 9.17) is 0 Å². The van der Waals surface area contributed by atoms with E-state index in [9.17, 15) is 9.90 Å². The van der Waals surface area contributed by atoms with Gasteiger partial charge in [-0.2, -0.15) is 5.10 Å². The van der Waals surface area contributed by atoms with Crippen LogP contribution < -0.4 is 10.6 Å². The molecule has 2 aromatic rings. The van der Waals surface area contributed by atoms with E-state index >= 15 is 0 Å². The molecule has 136 valence electrons. The van der Waals surface area contributed by atoms with E-state index < -0.39 is 0 Å². The Labute approximate surface area is 148 Å². The molecule has 2 heterocycles. The van der Waals surface area contributed by atoms with Gasteiger partial charge in [0.15, 0.2) is 5.82 Å². The van der Waals surface area contributed by atoms with Crippen LogP contribution in [0.2, 0.25) is 0 Å². The van der Waals surface area contributed by atoms with Crippen LogP contribution in [0, 0.1) is 5.41 Å². The van der Waals surface area contributed by atoms with Gasteiger partial charge in [0.25, 0.3) is 0 Å². The smallest absolute Gasteiger partial charge is 0.320 e. The molecule has 7 heteroatoms. The van der Waals surface area contributed by atoms with E-state index in [-0.39, 0.29) is 18.1 Å². The number of carbonyl (C=O) groups is 1. The Morgan fingerprint density at radius 3 is 2.76 bits per heavy atom. The lowest BCUT2D eigenvalue weighted by molar-refractivity contribution is 0.148. The van der Waals surface area contributed by atoms with Crippen molar-refractivity contribution in [3.05, 3.63) is 42.4 Å². The number of amides is 2. The predicted octanol–water partition coefficient (Wildman–Crippen LogP) is 2.44. The van der Waals surface area contributed by atoms with Gasteiger partial charge in [-0.15, -0.1) is 0 Å². The Kier molecular flexibility index (Phi) is 6.94. The summed E-state index contributed by atoms with van der Waals surface area (Å²) in [6.07, 6.45) is 7.93. The fraction of sp³-hybridized carbons (Fsp3) is 0.500. The van der Waals surface area contributed by atoms with Crippen LogP contribution in [-0.2, 0) is 13.0 Å². The Morgan fingerprint density at radius 1 is 1.28 bits per heavy atom. The third-order valence-electron chi connectivity index (χ3n) is 4.01. The number of rotatable bonds is 9. The molecule has 0 saturated carbocycles. The van der Waals surface area contributed by atoms with Crippen molar-refractivity contribution in [3.63, 3.8) is 0 Å². The molecule has 0 aliphatic rings. The van der Waals surface area contributed by atoms with Crippen molar-refractivity contribution in [2.24, 2.45) is 5.41 Å². The topological polar surface area (TPSA) is 92.1 Å². The number of carbonyl (C=O) groups excluding carboxylic acids is 1. The average molecular weight is 345 g/mol. The maximum absolute atomic E-state index is 11.9. The van der Waals surface area contributed by atoms with Crippen molar-refractivity contribution in [2.45, 2.75) is 39.7 Å². The second-order valence-electron chi connectivity index (χ2n) is 6.88. The molecule has 25 heavy (non-hydrogen) atoms. The molecule has 0 atom stereocenters. The van der Waals surface area contributed by atoms with E-state index in [0.717, 1.165) is 25.8 Å². The molecule has 0 aliphatic heterocycles. The SMILES string of the molecule is CC(C)(CO)CCCNC(=O)Nc1ccn(CCc2ccncc2)n1. The molecule has 0 aromatic carbocycles. The summed E-state index contributed by atoms with van der Waals surface area (Å²) < 4.78 is 1.81. The van der Waals surface area contributed by atoms with Crippen molar-refractivity contribution in [1.29, 1.82) is 0 Å². The Morgan fingerprint density at radius 2 is 2.04 bits per heavy atom. The average Bonchev–Trinajstić information content (AvgIpc) is 3.05. The third-order valence-corrected chi connectivity index (χ3v) is 4.01. The fourth-order valence-electron chi connectivity index (χ4n) is 2.35. The molecule has 3 N–H and O–H groups in total. The highest BCUT2D eigenvalue weighted by atomic mass is 16.3. The lowest BCUT2D eigenvalue weighted by Crippen LogP contribution is -2.30. The number of aryl methyl sites for hydroxylation is 2. The summed E-state index contributed by atoms with van der Waals surface area (Å²) in [5.41, 5.74) is 1.09. The molecule has 2 amide bonds. The molecule has 0 unspecified atom stereocenters. The molecule has 0 bridgehead atoms. The Bertz CT molecular complexity index is 654. The summed E-state index contributed by atoms with van der Waals surface area (Å²) in [4.78, 5) is 15.9. The van der Waals surface area contributed by atoms with E-state index in [1.165, 1.54) is 5.56 Å². The number of aliphatic hydroxyl groups is 1. The zero-order valence-corrected chi connectivity index (χ0v) is 14.9. The maximum atomic E-state index is 11.9. The highest BCUT2D eigenvalue weighted by Gasteiger charge is 2.15. The lowest BCUT2D eigenvalue weighted by Gasteiger charge is -2.21. The van der Waals surface area contributed by atoms with Gasteiger partial charge < -0.3 is 10.4 Å². The molecule has 2 aromatic heterocycles. The van der Waals surface area contributed by atoms with Gasteiger partial charge >= 0.3 is 6.03 Å². The maximum Gasteiger partial charge on any atom is 0.320 e. The Hall–Kier alpha value is -2.41. The molecule has 0 radical (unpaired) electrons. The first kappa shape index (κ1) is 18.9. The third kappa shape index (κ3) is 6.93. The number of anilines is 1. The van der Waals surface area contributed by atoms with Crippen molar-refractivity contribution in [2.75, 3.05) is 18.5 Å². The van der Waals surface area contributed by atoms with Crippen molar-refractivity contribution >= 4 is 11.8 Å². The van der Waals surface area contributed by atoms with Gasteiger partial charge in [0.1, 0.15) is 0 Å². The molecule has 0 spiro atoms. The minimum atomic E-state index is -0.263. The largest absolute Gasteiger partial charge is 0.396 e. The molecule has 0 saturated heterocycles. The molecule has 7 nitrogen and oxygen atoms in total. The highest BCUT2D eigenvalue weighted by Crippen LogP contribution is 2.20. The van der Waals surface area contributed by atoms with Gasteiger partial charge in [0.05, 0.1) is 0 Å². The van der Waals surface area contributed by atoms with Crippen LogP contribution in [0.15, 0.2) is 36.8 Å². The van der Waals surface area contributed by atoms with Gasteiger partial charge in [-0.1, -0.05) is 13.8 Å². The zero-order valence-electron chi connectivity index (χ0n) is 14.9. The summed E-state index contributed by atoms with van der Waals surface area (Å²) in [6.45, 7) is 5.47. The van der Waals surface area contributed by atoms with Crippen LogP contribution >= 0.6 is 0 Å². The standard InChI is InChI=1S/C18H27N5O2/c1-18(2,14-24)8-3-9-20-17(25)21-16-7-13-23(22-16)12-6-15-4-10-19-11-5-15/h4-5,7,10-11,13,24H,3,6,8-9,12,14H2,1-2H3,(H2,20,21,22,25). The van der Waals surface area contributed by atoms with Crippen LogP contribution in [-0.4, -0.2) is 39.1 Å². The highest BCUT2D eigenvalue weighted by molar-refractivity contribution is 5.88. The van der Waals surface area contributed by atoms with Crippen LogP contribution in [0.3, 0.4) is 0 Å². The van der Waals surface area contributed by atoms with Crippen LogP contribution in [0.25, 0.3) is 0 Å². The quantitative estimate of drug-likeness (QED) is 0.609. The molecular weight excluding hydrogens is 318 g/mol. The van der Waals surface area contributed by atoms with Gasteiger partial charge in [-0.3, -0.25) is 15.0 Å². The number of urea groups is 1. The number of aromatic nitrogens is 3. The molecular formula is C18H27N5O2. The van der Waals surface area contributed by atoms with E-state index in [1.54, 1.807) is 23.1 Å². The normalized spacial score (nSPS) is 11.3. The first-order valence-corrected chi connectivity index (χ1v) is 8.57.